The van der Waals surface area contributed by atoms with Crippen molar-refractivity contribution >= 4 is 11.8 Å². The first-order valence-electron chi connectivity index (χ1n) is 8.90. The normalized spacial score (nSPS) is 10.1. The Morgan fingerprint density at radius 1 is 0.793 bits per heavy atom. The van der Waals surface area contributed by atoms with Gasteiger partial charge >= 0.3 is 0 Å². The van der Waals surface area contributed by atoms with E-state index in [1.54, 1.807) is 0 Å². The van der Waals surface area contributed by atoms with Gasteiger partial charge in [-0.2, -0.15) is 0 Å². The SMILES string of the molecule is COc1cc(C(=O)NNC(=O)COc2c(C)cc(C)cc2C)cc(OC)c1OC. The molecule has 0 saturated carbocycles. The molecule has 156 valence electrons. The fourth-order valence-corrected chi connectivity index (χ4v) is 2.98. The lowest BCUT2D eigenvalue weighted by Crippen LogP contribution is -2.43. The van der Waals surface area contributed by atoms with E-state index in [9.17, 15) is 9.59 Å². The van der Waals surface area contributed by atoms with Gasteiger partial charge in [-0.25, -0.2) is 0 Å². The Morgan fingerprint density at radius 3 is 1.83 bits per heavy atom. The third-order valence-electron chi connectivity index (χ3n) is 4.19. The molecular formula is C21H26N2O6. The highest BCUT2D eigenvalue weighted by molar-refractivity contribution is 5.96. The minimum absolute atomic E-state index is 0.228. The van der Waals surface area contributed by atoms with Crippen LogP contribution in [0.1, 0.15) is 27.0 Å². The van der Waals surface area contributed by atoms with Crippen molar-refractivity contribution in [3.05, 3.63) is 46.5 Å². The maximum atomic E-state index is 12.4. The number of rotatable bonds is 7. The highest BCUT2D eigenvalue weighted by atomic mass is 16.5. The van der Waals surface area contributed by atoms with Crippen LogP contribution in [-0.4, -0.2) is 39.8 Å². The van der Waals surface area contributed by atoms with Gasteiger partial charge < -0.3 is 18.9 Å². The van der Waals surface area contributed by atoms with Gasteiger partial charge in [0.05, 0.1) is 21.3 Å². The molecule has 2 aromatic rings. The molecule has 2 rings (SSSR count). The lowest BCUT2D eigenvalue weighted by Gasteiger charge is -2.15. The standard InChI is InChI=1S/C21H26N2O6/c1-12-7-13(2)19(14(3)8-12)29-11-18(24)22-23-21(25)15-9-16(26-4)20(28-6)17(10-15)27-5/h7-10H,11H2,1-6H3,(H,22,24)(H,23,25). The van der Waals surface area contributed by atoms with E-state index in [2.05, 4.69) is 10.9 Å². The van der Waals surface area contributed by atoms with Gasteiger partial charge in [-0.3, -0.25) is 20.4 Å². The first-order chi connectivity index (χ1) is 13.8. The fraction of sp³-hybridized carbons (Fsp3) is 0.333. The van der Waals surface area contributed by atoms with Crippen molar-refractivity contribution in [1.82, 2.24) is 10.9 Å². The summed E-state index contributed by atoms with van der Waals surface area (Å²) in [4.78, 5) is 24.5. The van der Waals surface area contributed by atoms with E-state index in [4.69, 9.17) is 18.9 Å². The molecule has 2 aromatic carbocycles. The van der Waals surface area contributed by atoms with Gasteiger partial charge in [-0.1, -0.05) is 17.7 Å². The van der Waals surface area contributed by atoms with E-state index >= 15 is 0 Å². The number of ether oxygens (including phenoxy) is 4. The largest absolute Gasteiger partial charge is 0.493 e. The van der Waals surface area contributed by atoms with Crippen molar-refractivity contribution in [2.75, 3.05) is 27.9 Å². The molecule has 0 radical (unpaired) electrons. The van der Waals surface area contributed by atoms with Crippen molar-refractivity contribution in [3.63, 3.8) is 0 Å². The smallest absolute Gasteiger partial charge is 0.276 e. The Hall–Kier alpha value is -3.42. The van der Waals surface area contributed by atoms with Crippen LogP contribution < -0.4 is 29.8 Å². The van der Waals surface area contributed by atoms with E-state index in [0.717, 1.165) is 16.7 Å². The van der Waals surface area contributed by atoms with Crippen molar-refractivity contribution in [1.29, 1.82) is 0 Å². The van der Waals surface area contributed by atoms with Gasteiger partial charge in [-0.15, -0.1) is 0 Å². The predicted octanol–water partition coefficient (Wildman–Crippen LogP) is 2.48. The Labute approximate surface area is 170 Å². The summed E-state index contributed by atoms with van der Waals surface area (Å²) in [5.41, 5.74) is 7.90. The summed E-state index contributed by atoms with van der Waals surface area (Å²) in [5.74, 6) is 0.647. The number of carbonyl (C=O) groups excluding carboxylic acids is 2. The Kier molecular flexibility index (Phi) is 7.30. The summed E-state index contributed by atoms with van der Waals surface area (Å²) in [6.07, 6.45) is 0. The molecule has 0 spiro atoms. The number of amides is 2. The lowest BCUT2D eigenvalue weighted by molar-refractivity contribution is -0.123. The van der Waals surface area contributed by atoms with Crippen molar-refractivity contribution in [3.8, 4) is 23.0 Å². The number of hydrogen-bond donors (Lipinski definition) is 2. The molecule has 0 heterocycles. The van der Waals surface area contributed by atoms with Gasteiger partial charge in [0.15, 0.2) is 18.1 Å². The maximum Gasteiger partial charge on any atom is 0.276 e. The second-order valence-corrected chi connectivity index (χ2v) is 6.43. The quantitative estimate of drug-likeness (QED) is 0.691. The van der Waals surface area contributed by atoms with Crippen molar-refractivity contribution in [2.45, 2.75) is 20.8 Å². The van der Waals surface area contributed by atoms with Gasteiger partial charge in [-0.05, 0) is 44.0 Å². The highest BCUT2D eigenvalue weighted by Gasteiger charge is 2.17. The van der Waals surface area contributed by atoms with E-state index in [1.165, 1.54) is 33.5 Å². The zero-order valence-corrected chi connectivity index (χ0v) is 17.5. The van der Waals surface area contributed by atoms with Crippen LogP contribution in [0.15, 0.2) is 24.3 Å². The van der Waals surface area contributed by atoms with E-state index < -0.39 is 11.8 Å². The number of carbonyl (C=O) groups is 2. The number of nitrogens with one attached hydrogen (secondary N) is 2. The molecule has 29 heavy (non-hydrogen) atoms. The number of hydrogen-bond acceptors (Lipinski definition) is 6. The first kappa shape index (κ1) is 21.9. The summed E-state index contributed by atoms with van der Waals surface area (Å²) >= 11 is 0. The predicted molar refractivity (Wildman–Crippen MR) is 108 cm³/mol. The molecule has 0 atom stereocenters. The van der Waals surface area contributed by atoms with Crippen LogP contribution in [0.4, 0.5) is 0 Å². The summed E-state index contributed by atoms with van der Waals surface area (Å²) in [7, 11) is 4.37. The maximum absolute atomic E-state index is 12.4. The molecule has 0 saturated heterocycles. The minimum atomic E-state index is -0.541. The molecule has 8 nitrogen and oxygen atoms in total. The second kappa shape index (κ2) is 9.68. The minimum Gasteiger partial charge on any atom is -0.493 e. The Morgan fingerprint density at radius 2 is 1.34 bits per heavy atom. The summed E-state index contributed by atoms with van der Waals surface area (Å²) in [6, 6.07) is 6.93. The number of hydrazine groups is 1. The molecule has 0 fully saturated rings. The molecule has 0 bridgehead atoms. The second-order valence-electron chi connectivity index (χ2n) is 6.43. The molecule has 2 N–H and O–H groups in total. The molecule has 2 amide bonds. The van der Waals surface area contributed by atoms with Crippen molar-refractivity contribution in [2.24, 2.45) is 0 Å². The van der Waals surface area contributed by atoms with Gasteiger partial charge in [0, 0.05) is 5.56 Å². The number of methoxy groups -OCH3 is 3. The number of benzene rings is 2. The van der Waals surface area contributed by atoms with E-state index in [0.29, 0.717) is 23.0 Å². The Balaban J connectivity index is 1.99. The topological polar surface area (TPSA) is 95.1 Å². The fourth-order valence-electron chi connectivity index (χ4n) is 2.98. The van der Waals surface area contributed by atoms with Gasteiger partial charge in [0.1, 0.15) is 5.75 Å². The van der Waals surface area contributed by atoms with Crippen LogP contribution in [-0.2, 0) is 4.79 Å². The van der Waals surface area contributed by atoms with Crippen LogP contribution >= 0.6 is 0 Å². The molecule has 0 aliphatic heterocycles. The van der Waals surface area contributed by atoms with E-state index in [1.807, 2.05) is 32.9 Å². The molecule has 0 aromatic heterocycles. The molecular weight excluding hydrogens is 376 g/mol. The Bertz CT molecular complexity index is 862. The molecule has 0 unspecified atom stereocenters. The van der Waals surface area contributed by atoms with Crippen molar-refractivity contribution < 1.29 is 28.5 Å². The molecule has 0 aliphatic rings. The average Bonchev–Trinajstić information content (AvgIpc) is 2.69. The van der Waals surface area contributed by atoms with Crippen LogP contribution in [0.5, 0.6) is 23.0 Å². The van der Waals surface area contributed by atoms with Crippen LogP contribution in [0.25, 0.3) is 0 Å². The van der Waals surface area contributed by atoms with Gasteiger partial charge in [0.2, 0.25) is 5.75 Å². The zero-order valence-electron chi connectivity index (χ0n) is 17.5. The summed E-state index contributed by atoms with van der Waals surface area (Å²) < 4.78 is 21.3. The summed E-state index contributed by atoms with van der Waals surface area (Å²) in [5, 5.41) is 0. The highest BCUT2D eigenvalue weighted by Crippen LogP contribution is 2.38. The molecule has 0 aliphatic carbocycles. The monoisotopic (exact) mass is 402 g/mol. The molecule has 8 heteroatoms. The van der Waals surface area contributed by atoms with Gasteiger partial charge in [0.25, 0.3) is 11.8 Å². The zero-order chi connectivity index (χ0) is 21.6. The van der Waals surface area contributed by atoms with Crippen LogP contribution in [0, 0.1) is 20.8 Å². The van der Waals surface area contributed by atoms with Crippen LogP contribution in [0.3, 0.4) is 0 Å². The number of aryl methyl sites for hydroxylation is 3. The third-order valence-corrected chi connectivity index (χ3v) is 4.19. The van der Waals surface area contributed by atoms with E-state index in [-0.39, 0.29) is 12.2 Å². The average molecular weight is 402 g/mol. The first-order valence-corrected chi connectivity index (χ1v) is 8.90. The third kappa shape index (κ3) is 5.31. The summed E-state index contributed by atoms with van der Waals surface area (Å²) in [6.45, 7) is 5.59. The van der Waals surface area contributed by atoms with Crippen LogP contribution in [0.2, 0.25) is 0 Å². The lowest BCUT2D eigenvalue weighted by atomic mass is 10.1.